The fraction of sp³-hybridized carbons (Fsp3) is 0.280. The molecule has 1 unspecified atom stereocenters. The van der Waals surface area contributed by atoms with Crippen molar-refractivity contribution in [2.75, 3.05) is 18.6 Å². The minimum absolute atomic E-state index is 0.0487. The predicted octanol–water partition coefficient (Wildman–Crippen LogP) is 3.34. The van der Waals surface area contributed by atoms with Gasteiger partial charge < -0.3 is 19.7 Å². The molecule has 1 fully saturated rings. The van der Waals surface area contributed by atoms with E-state index in [2.05, 4.69) is 15.2 Å². The average Bonchev–Trinajstić information content (AvgIpc) is 3.20. The van der Waals surface area contributed by atoms with Crippen LogP contribution < -0.4 is 25.2 Å². The van der Waals surface area contributed by atoms with Crippen LogP contribution in [-0.4, -0.2) is 54.1 Å². The molecule has 1 aromatic heterocycles. The topological polar surface area (TPSA) is 103 Å². The maximum atomic E-state index is 13.5. The van der Waals surface area contributed by atoms with Gasteiger partial charge in [-0.3, -0.25) is 14.4 Å². The first-order valence-corrected chi connectivity index (χ1v) is 11.4. The molecular formula is C25H21F5N4O5. The first-order chi connectivity index (χ1) is 18.5. The van der Waals surface area contributed by atoms with Crippen LogP contribution in [-0.2, 0) is 11.3 Å². The molecule has 1 aliphatic heterocycles. The Morgan fingerprint density at radius 2 is 1.69 bits per heavy atom. The molecule has 3 aromatic rings. The summed E-state index contributed by atoms with van der Waals surface area (Å²) < 4.78 is 72.6. The highest BCUT2D eigenvalue weighted by molar-refractivity contribution is 6.04. The molecule has 0 radical (unpaired) electrons. The Kier molecular flexibility index (Phi) is 7.83. The second-order valence-corrected chi connectivity index (χ2v) is 8.45. The third-order valence-corrected chi connectivity index (χ3v) is 5.99. The molecule has 206 valence electrons. The van der Waals surface area contributed by atoms with E-state index in [1.165, 1.54) is 13.2 Å². The highest BCUT2D eigenvalue weighted by Crippen LogP contribution is 2.32. The van der Waals surface area contributed by atoms with Crippen LogP contribution in [0.3, 0.4) is 0 Å². The zero-order chi connectivity index (χ0) is 28.3. The minimum atomic E-state index is -4.91. The van der Waals surface area contributed by atoms with Gasteiger partial charge in [-0.05, 0) is 48.0 Å². The highest BCUT2D eigenvalue weighted by atomic mass is 19.4. The normalized spacial score (nSPS) is 17.4. The molecule has 1 aliphatic rings. The van der Waals surface area contributed by atoms with E-state index >= 15 is 0 Å². The number of nitrogens with one attached hydrogen (secondary N) is 1. The predicted molar refractivity (Wildman–Crippen MR) is 127 cm³/mol. The minimum Gasteiger partial charge on any atom is -0.497 e. The highest BCUT2D eigenvalue weighted by Gasteiger charge is 2.44. The summed E-state index contributed by atoms with van der Waals surface area (Å²) in [5.41, 5.74) is -0.549. The van der Waals surface area contributed by atoms with Gasteiger partial charge in [-0.15, -0.1) is 13.2 Å². The molecule has 2 heterocycles. The van der Waals surface area contributed by atoms with Crippen LogP contribution in [0.4, 0.5) is 27.6 Å². The summed E-state index contributed by atoms with van der Waals surface area (Å²) in [7, 11) is 1.47. The summed E-state index contributed by atoms with van der Waals surface area (Å²) in [6.45, 7) is -1.05. The molecule has 0 saturated carbocycles. The molecule has 2 aromatic carbocycles. The van der Waals surface area contributed by atoms with E-state index in [-0.39, 0.29) is 17.8 Å². The molecule has 1 N–H and O–H groups in total. The lowest BCUT2D eigenvalue weighted by atomic mass is 9.93. The van der Waals surface area contributed by atoms with E-state index in [1.54, 1.807) is 24.3 Å². The lowest BCUT2D eigenvalue weighted by molar-refractivity contribution is -0.274. The zero-order valence-corrected chi connectivity index (χ0v) is 20.2. The Morgan fingerprint density at radius 3 is 2.28 bits per heavy atom. The largest absolute Gasteiger partial charge is 0.573 e. The number of aromatic nitrogens is 2. The summed E-state index contributed by atoms with van der Waals surface area (Å²) in [4.78, 5) is 40.4. The van der Waals surface area contributed by atoms with Gasteiger partial charge in [-0.2, -0.15) is 5.10 Å². The van der Waals surface area contributed by atoms with Gasteiger partial charge >= 0.3 is 6.36 Å². The summed E-state index contributed by atoms with van der Waals surface area (Å²) in [6, 6.07) is 10.7. The summed E-state index contributed by atoms with van der Waals surface area (Å²) >= 11 is 0. The molecule has 2 amide bonds. The van der Waals surface area contributed by atoms with Gasteiger partial charge in [-0.1, -0.05) is 12.1 Å². The van der Waals surface area contributed by atoms with Gasteiger partial charge in [0.15, 0.2) is 0 Å². The lowest BCUT2D eigenvalue weighted by Crippen LogP contribution is -2.44. The van der Waals surface area contributed by atoms with Gasteiger partial charge in [0, 0.05) is 24.2 Å². The number of benzene rings is 2. The molecule has 2 atom stereocenters. The van der Waals surface area contributed by atoms with Crippen molar-refractivity contribution in [3.63, 3.8) is 0 Å². The number of amides is 2. The number of alkyl halides is 5. The van der Waals surface area contributed by atoms with E-state index in [0.29, 0.717) is 16.0 Å². The van der Waals surface area contributed by atoms with Crippen molar-refractivity contribution in [2.45, 2.75) is 31.3 Å². The number of halogens is 5. The zero-order valence-electron chi connectivity index (χ0n) is 20.2. The number of carbonyl (C=O) groups is 2. The molecule has 1 saturated heterocycles. The smallest absolute Gasteiger partial charge is 0.497 e. The average molecular weight is 552 g/mol. The molecule has 39 heavy (non-hydrogen) atoms. The van der Waals surface area contributed by atoms with Crippen molar-refractivity contribution in [1.82, 2.24) is 15.1 Å². The number of methoxy groups -OCH3 is 1. The number of hydrogen-bond donors (Lipinski definition) is 1. The van der Waals surface area contributed by atoms with Gasteiger partial charge in [0.1, 0.15) is 29.8 Å². The number of hydrogen-bond acceptors (Lipinski definition) is 6. The van der Waals surface area contributed by atoms with Gasteiger partial charge in [-0.25, -0.2) is 13.5 Å². The third-order valence-electron chi connectivity index (χ3n) is 5.99. The van der Waals surface area contributed by atoms with Gasteiger partial charge in [0.2, 0.25) is 5.91 Å². The van der Waals surface area contributed by atoms with Crippen LogP contribution in [0, 0.1) is 0 Å². The molecular weight excluding hydrogens is 531 g/mol. The number of ether oxygens (including phenoxy) is 2. The maximum absolute atomic E-state index is 13.5. The van der Waals surface area contributed by atoms with Crippen LogP contribution in [0.1, 0.15) is 21.8 Å². The fourth-order valence-corrected chi connectivity index (χ4v) is 4.20. The molecule has 0 bridgehead atoms. The van der Waals surface area contributed by atoms with E-state index < -0.39 is 54.4 Å². The van der Waals surface area contributed by atoms with Crippen molar-refractivity contribution in [3.8, 4) is 11.5 Å². The summed E-state index contributed by atoms with van der Waals surface area (Å²) in [5, 5.41) is 6.22. The first kappa shape index (κ1) is 27.5. The number of carbonyl (C=O) groups excluding carboxylic acids is 2. The maximum Gasteiger partial charge on any atom is 0.573 e. The van der Waals surface area contributed by atoms with Crippen molar-refractivity contribution in [3.05, 3.63) is 82.3 Å². The van der Waals surface area contributed by atoms with Crippen LogP contribution in [0.5, 0.6) is 11.5 Å². The number of nitrogens with zero attached hydrogens (tertiary/aromatic N) is 3. The summed E-state index contributed by atoms with van der Waals surface area (Å²) in [6.07, 6.45) is -6.65. The molecule has 9 nitrogen and oxygen atoms in total. The molecule has 0 spiro atoms. The second-order valence-electron chi connectivity index (χ2n) is 8.45. The summed E-state index contributed by atoms with van der Waals surface area (Å²) in [5.74, 6) is -2.14. The Bertz CT molecular complexity index is 1390. The molecule has 4 rings (SSSR count). The van der Waals surface area contributed by atoms with E-state index in [4.69, 9.17) is 4.74 Å². The fourth-order valence-electron chi connectivity index (χ4n) is 4.20. The molecule has 0 aliphatic carbocycles. The Balaban J connectivity index is 1.64. The number of rotatable bonds is 8. The third kappa shape index (κ3) is 6.33. The Hall–Kier alpha value is -4.49. The van der Waals surface area contributed by atoms with Gasteiger partial charge in [0.25, 0.3) is 17.9 Å². The van der Waals surface area contributed by atoms with Crippen molar-refractivity contribution >= 4 is 17.5 Å². The second kappa shape index (κ2) is 11.1. The lowest BCUT2D eigenvalue weighted by Gasteiger charge is -2.19. The van der Waals surface area contributed by atoms with Crippen LogP contribution in [0.25, 0.3) is 0 Å². The number of anilines is 1. The SMILES string of the molecule is COc1ccc([C@@H]2CN(c3ccnn(CC(F)F)c3=O)C(=O)C2NC(=O)c2ccc(OC(F)(F)F)cc2)cc1. The van der Waals surface area contributed by atoms with E-state index in [0.717, 1.165) is 35.4 Å². The quantitative estimate of drug-likeness (QED) is 0.430. The van der Waals surface area contributed by atoms with Crippen molar-refractivity contribution in [2.24, 2.45) is 0 Å². The van der Waals surface area contributed by atoms with E-state index in [1.807, 2.05) is 0 Å². The van der Waals surface area contributed by atoms with Crippen LogP contribution in [0.2, 0.25) is 0 Å². The van der Waals surface area contributed by atoms with E-state index in [9.17, 15) is 36.3 Å². The van der Waals surface area contributed by atoms with Crippen molar-refractivity contribution < 1.29 is 41.0 Å². The molecule has 14 heteroatoms. The Morgan fingerprint density at radius 1 is 1.05 bits per heavy atom. The Labute approximate surface area is 217 Å². The standard InChI is InChI=1S/C25H21F5N4O5/c1-38-16-6-2-14(3-7-16)18-12-33(19-10-11-31-34(23(19)36)13-20(26)27)24(37)21(18)32-22(35)15-4-8-17(9-5-15)39-25(28,29)30/h2-11,18,20-21H,12-13H2,1H3,(H,32,35)/t18-,21?/m0/s1. The van der Waals surface area contributed by atoms with Crippen LogP contribution in [0.15, 0.2) is 65.6 Å². The van der Waals surface area contributed by atoms with Crippen LogP contribution >= 0.6 is 0 Å². The van der Waals surface area contributed by atoms with Crippen molar-refractivity contribution in [1.29, 1.82) is 0 Å². The van der Waals surface area contributed by atoms with Gasteiger partial charge in [0.05, 0.1) is 7.11 Å². The monoisotopic (exact) mass is 552 g/mol. The first-order valence-electron chi connectivity index (χ1n) is 11.4.